The molecule has 1 unspecified atom stereocenters. The van der Waals surface area contributed by atoms with E-state index in [0.717, 1.165) is 24.9 Å². The van der Waals surface area contributed by atoms with Crippen LogP contribution in [0.1, 0.15) is 26.2 Å². The Kier molecular flexibility index (Phi) is 8.82. The minimum atomic E-state index is -3.23. The number of unbranched alkanes of at least 4 members (excludes halogenated alkanes) is 1. The second kappa shape index (κ2) is 9.19. The summed E-state index contributed by atoms with van der Waals surface area (Å²) in [4.78, 5) is 22.4. The summed E-state index contributed by atoms with van der Waals surface area (Å²) in [7, 11) is -3.23. The standard InChI is InChI=1S/C11H21NO5S2/c1-3-4-6-18-8-10(13)12-9(11(14)15)5-7-19(2,16)17/h9H,3-8H2,1-2H3,(H,12,13)(H,14,15). The van der Waals surface area contributed by atoms with Gasteiger partial charge in [0.2, 0.25) is 5.91 Å². The first-order valence-corrected chi connectivity index (χ1v) is 9.25. The van der Waals surface area contributed by atoms with Crippen molar-refractivity contribution in [3.8, 4) is 0 Å². The predicted octanol–water partition coefficient (Wildman–Crippen LogP) is 0.524. The van der Waals surface area contributed by atoms with Gasteiger partial charge < -0.3 is 10.4 Å². The van der Waals surface area contributed by atoms with Crippen molar-refractivity contribution in [1.29, 1.82) is 0 Å². The highest BCUT2D eigenvalue weighted by Gasteiger charge is 2.21. The molecule has 0 rings (SSSR count). The highest BCUT2D eigenvalue weighted by atomic mass is 32.2. The summed E-state index contributed by atoms with van der Waals surface area (Å²) >= 11 is 1.44. The smallest absolute Gasteiger partial charge is 0.326 e. The van der Waals surface area contributed by atoms with E-state index >= 15 is 0 Å². The molecule has 112 valence electrons. The molecule has 0 spiro atoms. The van der Waals surface area contributed by atoms with Gasteiger partial charge in [0.25, 0.3) is 0 Å². The third-order valence-corrected chi connectivity index (χ3v) is 4.31. The Morgan fingerprint density at radius 2 is 2.00 bits per heavy atom. The van der Waals surface area contributed by atoms with E-state index in [-0.39, 0.29) is 23.8 Å². The monoisotopic (exact) mass is 311 g/mol. The van der Waals surface area contributed by atoms with Crippen LogP contribution in [-0.2, 0) is 19.4 Å². The third-order valence-electron chi connectivity index (χ3n) is 2.29. The fourth-order valence-corrected chi connectivity index (χ4v) is 2.81. The van der Waals surface area contributed by atoms with Gasteiger partial charge >= 0.3 is 5.97 Å². The number of thioether (sulfide) groups is 1. The van der Waals surface area contributed by atoms with Crippen LogP contribution in [0.3, 0.4) is 0 Å². The van der Waals surface area contributed by atoms with Crippen LogP contribution >= 0.6 is 11.8 Å². The second-order valence-electron chi connectivity index (χ2n) is 4.28. The molecule has 6 nitrogen and oxygen atoms in total. The summed E-state index contributed by atoms with van der Waals surface area (Å²) in [5.41, 5.74) is 0. The number of hydrogen-bond donors (Lipinski definition) is 2. The zero-order chi connectivity index (χ0) is 14.9. The summed E-state index contributed by atoms with van der Waals surface area (Å²) < 4.78 is 22.0. The molecule has 8 heteroatoms. The number of hydrogen-bond acceptors (Lipinski definition) is 5. The minimum absolute atomic E-state index is 0.112. The van der Waals surface area contributed by atoms with Gasteiger partial charge in [-0.2, -0.15) is 11.8 Å². The molecule has 19 heavy (non-hydrogen) atoms. The molecule has 0 aromatic heterocycles. The van der Waals surface area contributed by atoms with E-state index in [4.69, 9.17) is 5.11 Å². The molecule has 0 heterocycles. The topological polar surface area (TPSA) is 101 Å². The van der Waals surface area contributed by atoms with E-state index in [9.17, 15) is 18.0 Å². The van der Waals surface area contributed by atoms with E-state index in [1.54, 1.807) is 0 Å². The number of carbonyl (C=O) groups is 2. The first kappa shape index (κ1) is 18.2. The molecular weight excluding hydrogens is 290 g/mol. The molecule has 0 aliphatic carbocycles. The maximum absolute atomic E-state index is 11.5. The van der Waals surface area contributed by atoms with Crippen molar-refractivity contribution in [3.63, 3.8) is 0 Å². The molecule has 0 fully saturated rings. The van der Waals surface area contributed by atoms with Crippen molar-refractivity contribution in [3.05, 3.63) is 0 Å². The summed E-state index contributed by atoms with van der Waals surface area (Å²) in [6, 6.07) is -1.14. The second-order valence-corrected chi connectivity index (χ2v) is 7.65. The van der Waals surface area contributed by atoms with E-state index in [1.165, 1.54) is 11.8 Å². The van der Waals surface area contributed by atoms with Crippen LogP contribution < -0.4 is 5.32 Å². The SMILES string of the molecule is CCCCSCC(=O)NC(CCS(C)(=O)=O)C(=O)O. The summed E-state index contributed by atoms with van der Waals surface area (Å²) in [5, 5.41) is 11.3. The van der Waals surface area contributed by atoms with Gasteiger partial charge in [-0.15, -0.1) is 0 Å². The largest absolute Gasteiger partial charge is 0.480 e. The summed E-state index contributed by atoms with van der Waals surface area (Å²) in [5.74, 6) is -0.793. The molecule has 0 saturated heterocycles. The number of amides is 1. The number of rotatable bonds is 10. The molecular formula is C11H21NO5S2. The lowest BCUT2D eigenvalue weighted by molar-refractivity contribution is -0.141. The van der Waals surface area contributed by atoms with E-state index < -0.39 is 21.8 Å². The van der Waals surface area contributed by atoms with Gasteiger partial charge in [0, 0.05) is 6.26 Å². The van der Waals surface area contributed by atoms with Crippen LogP contribution in [0.15, 0.2) is 0 Å². The van der Waals surface area contributed by atoms with E-state index in [1.807, 2.05) is 6.92 Å². The van der Waals surface area contributed by atoms with Crippen molar-refractivity contribution in [1.82, 2.24) is 5.32 Å². The fraction of sp³-hybridized carbons (Fsp3) is 0.818. The lowest BCUT2D eigenvalue weighted by atomic mass is 10.2. The number of carboxylic acids is 1. The summed E-state index contributed by atoms with van der Waals surface area (Å²) in [6.07, 6.45) is 2.98. The maximum Gasteiger partial charge on any atom is 0.326 e. The van der Waals surface area contributed by atoms with E-state index in [2.05, 4.69) is 5.32 Å². The van der Waals surface area contributed by atoms with Crippen molar-refractivity contribution in [2.24, 2.45) is 0 Å². The molecule has 0 radical (unpaired) electrons. The normalized spacial score (nSPS) is 12.9. The average molecular weight is 311 g/mol. The molecule has 0 aromatic rings. The molecule has 0 aliphatic rings. The molecule has 0 saturated carbocycles. The predicted molar refractivity (Wildman–Crippen MR) is 76.1 cm³/mol. The summed E-state index contributed by atoms with van der Waals surface area (Å²) in [6.45, 7) is 2.05. The van der Waals surface area contributed by atoms with Gasteiger partial charge in [-0.1, -0.05) is 13.3 Å². The van der Waals surface area contributed by atoms with Gasteiger partial charge in [0.05, 0.1) is 11.5 Å². The number of sulfone groups is 1. The van der Waals surface area contributed by atoms with Crippen molar-refractivity contribution >= 4 is 33.5 Å². The van der Waals surface area contributed by atoms with Crippen molar-refractivity contribution in [2.45, 2.75) is 32.2 Å². The fourth-order valence-electron chi connectivity index (χ4n) is 1.24. The van der Waals surface area contributed by atoms with Crippen molar-refractivity contribution in [2.75, 3.05) is 23.5 Å². The minimum Gasteiger partial charge on any atom is -0.480 e. The zero-order valence-electron chi connectivity index (χ0n) is 11.2. The Bertz CT molecular complexity index is 394. The number of nitrogens with one attached hydrogen (secondary N) is 1. The van der Waals surface area contributed by atoms with E-state index in [0.29, 0.717) is 0 Å². The average Bonchev–Trinajstić information content (AvgIpc) is 2.28. The Hall–Kier alpha value is -0.760. The number of carbonyl (C=O) groups excluding carboxylic acids is 1. The Morgan fingerprint density at radius 1 is 1.37 bits per heavy atom. The van der Waals surface area contributed by atoms with Crippen LogP contribution in [0, 0.1) is 0 Å². The Balaban J connectivity index is 4.12. The highest BCUT2D eigenvalue weighted by molar-refractivity contribution is 7.99. The molecule has 0 aromatic carbocycles. The lowest BCUT2D eigenvalue weighted by Gasteiger charge is -2.13. The molecule has 2 N–H and O–H groups in total. The maximum atomic E-state index is 11.5. The highest BCUT2D eigenvalue weighted by Crippen LogP contribution is 2.04. The number of carboxylic acid groups (broad SMARTS) is 1. The first-order chi connectivity index (χ1) is 8.76. The molecule has 0 bridgehead atoms. The van der Waals surface area contributed by atoms with Crippen molar-refractivity contribution < 1.29 is 23.1 Å². The van der Waals surface area contributed by atoms with Gasteiger partial charge in [0.15, 0.2) is 0 Å². The quantitative estimate of drug-likeness (QED) is 0.571. The zero-order valence-corrected chi connectivity index (χ0v) is 12.8. The van der Waals surface area contributed by atoms with Crippen LogP contribution in [0.25, 0.3) is 0 Å². The first-order valence-electron chi connectivity index (χ1n) is 6.04. The number of aliphatic carboxylic acids is 1. The molecule has 1 amide bonds. The lowest BCUT2D eigenvalue weighted by Crippen LogP contribution is -2.42. The van der Waals surface area contributed by atoms with Gasteiger partial charge in [-0.05, 0) is 18.6 Å². The van der Waals surface area contributed by atoms with Gasteiger partial charge in [-0.25, -0.2) is 13.2 Å². The van der Waals surface area contributed by atoms with Crippen LogP contribution in [0.5, 0.6) is 0 Å². The van der Waals surface area contributed by atoms with Gasteiger partial charge in [0.1, 0.15) is 15.9 Å². The van der Waals surface area contributed by atoms with Crippen LogP contribution in [-0.4, -0.2) is 55.0 Å². The Labute approximate surface area is 118 Å². The van der Waals surface area contributed by atoms with Gasteiger partial charge in [-0.3, -0.25) is 4.79 Å². The molecule has 0 aliphatic heterocycles. The van der Waals surface area contributed by atoms with Crippen LogP contribution in [0.2, 0.25) is 0 Å². The van der Waals surface area contributed by atoms with Crippen LogP contribution in [0.4, 0.5) is 0 Å². The Morgan fingerprint density at radius 3 is 2.47 bits per heavy atom. The third kappa shape index (κ3) is 10.8. The molecule has 1 atom stereocenters.